The molecule has 0 bridgehead atoms. The number of nitrogens with one attached hydrogen (secondary N) is 1. The van der Waals surface area contributed by atoms with Crippen molar-refractivity contribution in [2.75, 3.05) is 11.9 Å². The van der Waals surface area contributed by atoms with E-state index >= 15 is 0 Å². The van der Waals surface area contributed by atoms with Crippen LogP contribution in [0.3, 0.4) is 0 Å². The molecule has 126 valence electrons. The van der Waals surface area contributed by atoms with Gasteiger partial charge in [0.05, 0.1) is 0 Å². The second-order valence-corrected chi connectivity index (χ2v) is 6.05. The van der Waals surface area contributed by atoms with E-state index in [0.29, 0.717) is 6.54 Å². The molecule has 0 aliphatic heterocycles. The van der Waals surface area contributed by atoms with Crippen LogP contribution in [0.5, 0.6) is 0 Å². The molecular formula is C22H23N2O+. The summed E-state index contributed by atoms with van der Waals surface area (Å²) in [5.74, 6) is 0.0245. The van der Waals surface area contributed by atoms with E-state index in [1.165, 1.54) is 11.1 Å². The molecule has 3 aromatic carbocycles. The van der Waals surface area contributed by atoms with Crippen molar-refractivity contribution >= 4 is 11.6 Å². The van der Waals surface area contributed by atoms with Gasteiger partial charge in [0.25, 0.3) is 5.91 Å². The average molecular weight is 331 g/mol. The summed E-state index contributed by atoms with van der Waals surface area (Å²) in [5, 5.41) is 5.07. The van der Waals surface area contributed by atoms with Crippen LogP contribution in [-0.4, -0.2) is 12.5 Å². The van der Waals surface area contributed by atoms with Gasteiger partial charge in [0.2, 0.25) is 0 Å². The molecule has 0 aliphatic carbocycles. The number of anilines is 1. The van der Waals surface area contributed by atoms with Gasteiger partial charge in [-0.25, -0.2) is 0 Å². The van der Waals surface area contributed by atoms with Crippen LogP contribution < -0.4 is 10.6 Å². The highest BCUT2D eigenvalue weighted by molar-refractivity contribution is 5.92. The summed E-state index contributed by atoms with van der Waals surface area (Å²) in [4.78, 5) is 12.3. The molecule has 0 unspecified atom stereocenters. The number of hydrogen-bond donors (Lipinski definition) is 2. The number of carbonyl (C=O) groups excluding carboxylic acids is 1. The summed E-state index contributed by atoms with van der Waals surface area (Å²) >= 11 is 0. The van der Waals surface area contributed by atoms with Crippen LogP contribution in [0.2, 0.25) is 0 Å². The number of para-hydroxylation sites is 1. The molecule has 0 spiro atoms. The van der Waals surface area contributed by atoms with E-state index in [-0.39, 0.29) is 5.91 Å². The lowest BCUT2D eigenvalue weighted by Crippen LogP contribution is -2.84. The molecule has 0 saturated carbocycles. The van der Waals surface area contributed by atoms with E-state index in [4.69, 9.17) is 0 Å². The van der Waals surface area contributed by atoms with Gasteiger partial charge >= 0.3 is 0 Å². The molecule has 0 saturated heterocycles. The molecule has 3 rings (SSSR count). The third-order valence-corrected chi connectivity index (χ3v) is 4.08. The summed E-state index contributed by atoms with van der Waals surface area (Å²) in [5.41, 5.74) is 4.48. The van der Waals surface area contributed by atoms with Crippen LogP contribution in [-0.2, 0) is 17.8 Å². The zero-order valence-electron chi connectivity index (χ0n) is 14.2. The van der Waals surface area contributed by atoms with Crippen molar-refractivity contribution in [1.82, 2.24) is 0 Å². The molecule has 3 heteroatoms. The molecule has 0 aromatic heterocycles. The van der Waals surface area contributed by atoms with Gasteiger partial charge in [-0.05, 0) is 23.6 Å². The number of amides is 1. The Hall–Kier alpha value is -2.91. The van der Waals surface area contributed by atoms with Crippen molar-refractivity contribution in [3.8, 4) is 0 Å². The van der Waals surface area contributed by atoms with Crippen molar-refractivity contribution in [3.63, 3.8) is 0 Å². The zero-order valence-corrected chi connectivity index (χ0v) is 14.2. The molecular weight excluding hydrogens is 308 g/mol. The first-order valence-electron chi connectivity index (χ1n) is 8.58. The van der Waals surface area contributed by atoms with Crippen LogP contribution in [0.25, 0.3) is 0 Å². The number of quaternary nitrogens is 1. The zero-order chi connectivity index (χ0) is 17.3. The maximum Gasteiger partial charge on any atom is 0.279 e. The third kappa shape index (κ3) is 5.30. The molecule has 0 radical (unpaired) electrons. The van der Waals surface area contributed by atoms with Gasteiger partial charge in [0.1, 0.15) is 6.54 Å². The van der Waals surface area contributed by atoms with Crippen LogP contribution in [0.1, 0.15) is 16.7 Å². The summed E-state index contributed by atoms with van der Waals surface area (Å²) in [6.07, 6.45) is 0.811. The predicted octanol–water partition coefficient (Wildman–Crippen LogP) is 2.98. The molecule has 3 aromatic rings. The number of carbonyl (C=O) groups is 1. The Morgan fingerprint density at radius 1 is 0.760 bits per heavy atom. The van der Waals surface area contributed by atoms with E-state index < -0.39 is 0 Å². The van der Waals surface area contributed by atoms with Gasteiger partial charge in [0, 0.05) is 11.3 Å². The highest BCUT2D eigenvalue weighted by atomic mass is 16.1. The Bertz CT molecular complexity index is 801. The van der Waals surface area contributed by atoms with Crippen LogP contribution in [0.4, 0.5) is 5.69 Å². The van der Waals surface area contributed by atoms with Gasteiger partial charge in [-0.1, -0.05) is 78.9 Å². The number of hydrogen-bond acceptors (Lipinski definition) is 1. The van der Waals surface area contributed by atoms with Gasteiger partial charge < -0.3 is 10.6 Å². The second-order valence-electron chi connectivity index (χ2n) is 6.05. The van der Waals surface area contributed by atoms with E-state index in [0.717, 1.165) is 24.2 Å². The lowest BCUT2D eigenvalue weighted by molar-refractivity contribution is -0.659. The van der Waals surface area contributed by atoms with Crippen molar-refractivity contribution < 1.29 is 10.1 Å². The fourth-order valence-corrected chi connectivity index (χ4v) is 2.80. The maximum absolute atomic E-state index is 12.3. The maximum atomic E-state index is 12.3. The summed E-state index contributed by atoms with van der Waals surface area (Å²) in [6, 6.07) is 28.5. The third-order valence-electron chi connectivity index (χ3n) is 4.08. The first-order chi connectivity index (χ1) is 12.3. The SMILES string of the molecule is O=C(C[NH2+]Cc1ccccc1)Nc1ccccc1Cc1ccccc1. The minimum Gasteiger partial charge on any atom is -0.335 e. The average Bonchev–Trinajstić information content (AvgIpc) is 2.65. The van der Waals surface area contributed by atoms with Gasteiger partial charge in [-0.2, -0.15) is 0 Å². The molecule has 1 amide bonds. The first-order valence-corrected chi connectivity index (χ1v) is 8.58. The highest BCUT2D eigenvalue weighted by Gasteiger charge is 2.08. The van der Waals surface area contributed by atoms with Crippen molar-refractivity contribution in [1.29, 1.82) is 0 Å². The molecule has 0 atom stereocenters. The standard InChI is InChI=1S/C22H22N2O/c25-22(17-23-16-19-11-5-2-6-12-19)24-21-14-8-7-13-20(21)15-18-9-3-1-4-10-18/h1-14,23H,15-17H2,(H,24,25)/p+1. The van der Waals surface area contributed by atoms with E-state index in [1.54, 1.807) is 0 Å². The van der Waals surface area contributed by atoms with E-state index in [2.05, 4.69) is 35.6 Å². The van der Waals surface area contributed by atoms with Gasteiger partial charge in [-0.3, -0.25) is 4.79 Å². The van der Waals surface area contributed by atoms with Crippen molar-refractivity contribution in [3.05, 3.63) is 102 Å². The van der Waals surface area contributed by atoms with Gasteiger partial charge in [-0.15, -0.1) is 0 Å². The van der Waals surface area contributed by atoms with E-state index in [1.807, 2.05) is 59.9 Å². The highest BCUT2D eigenvalue weighted by Crippen LogP contribution is 2.18. The van der Waals surface area contributed by atoms with Crippen molar-refractivity contribution in [2.45, 2.75) is 13.0 Å². The normalized spacial score (nSPS) is 10.4. The monoisotopic (exact) mass is 331 g/mol. The Morgan fingerprint density at radius 3 is 2.08 bits per heavy atom. The fraction of sp³-hybridized carbons (Fsp3) is 0.136. The molecule has 0 aliphatic rings. The van der Waals surface area contributed by atoms with Crippen LogP contribution >= 0.6 is 0 Å². The molecule has 3 nitrogen and oxygen atoms in total. The summed E-state index contributed by atoms with van der Waals surface area (Å²) in [6.45, 7) is 1.22. The first kappa shape index (κ1) is 16.9. The number of benzene rings is 3. The van der Waals surface area contributed by atoms with Crippen LogP contribution in [0.15, 0.2) is 84.9 Å². The number of rotatable bonds is 7. The summed E-state index contributed by atoms with van der Waals surface area (Å²) < 4.78 is 0. The van der Waals surface area contributed by atoms with Crippen molar-refractivity contribution in [2.24, 2.45) is 0 Å². The Kier molecular flexibility index (Phi) is 5.96. The largest absolute Gasteiger partial charge is 0.335 e. The minimum atomic E-state index is 0.0245. The fourth-order valence-electron chi connectivity index (χ4n) is 2.80. The molecule has 25 heavy (non-hydrogen) atoms. The lowest BCUT2D eigenvalue weighted by atomic mass is 10.0. The van der Waals surface area contributed by atoms with Crippen LogP contribution in [0, 0.1) is 0 Å². The molecule has 3 N–H and O–H groups in total. The molecule has 0 fully saturated rings. The number of nitrogens with two attached hydrogens (primary N) is 1. The van der Waals surface area contributed by atoms with E-state index in [9.17, 15) is 4.79 Å². The smallest absolute Gasteiger partial charge is 0.279 e. The second kappa shape index (κ2) is 8.81. The minimum absolute atomic E-state index is 0.0245. The predicted molar refractivity (Wildman–Crippen MR) is 101 cm³/mol. The molecule has 0 heterocycles. The lowest BCUT2D eigenvalue weighted by Gasteiger charge is -2.11. The Morgan fingerprint density at radius 2 is 1.36 bits per heavy atom. The quantitative estimate of drug-likeness (QED) is 0.687. The Balaban J connectivity index is 1.56. The van der Waals surface area contributed by atoms with Gasteiger partial charge in [0.15, 0.2) is 6.54 Å². The Labute approximate surface area is 148 Å². The topological polar surface area (TPSA) is 45.7 Å². The summed E-state index contributed by atoms with van der Waals surface area (Å²) in [7, 11) is 0.